The van der Waals surface area contributed by atoms with Crippen LogP contribution in [0.5, 0.6) is 0 Å². The Bertz CT molecular complexity index is 1180. The Morgan fingerprint density at radius 3 is 2.33 bits per heavy atom. The lowest BCUT2D eigenvalue weighted by Crippen LogP contribution is -2.22. The summed E-state index contributed by atoms with van der Waals surface area (Å²) in [6.45, 7) is 2.34. The van der Waals surface area contributed by atoms with E-state index >= 15 is 0 Å². The van der Waals surface area contributed by atoms with Crippen LogP contribution in [0.25, 0.3) is 21.8 Å². The van der Waals surface area contributed by atoms with E-state index < -0.39 is 17.5 Å². The molecule has 0 atom stereocenters. The van der Waals surface area contributed by atoms with Gasteiger partial charge in [0.15, 0.2) is 11.6 Å². The molecular weight excluding hydrogens is 402 g/mol. The van der Waals surface area contributed by atoms with E-state index in [2.05, 4.69) is 36.5 Å². The zero-order chi connectivity index (χ0) is 21.1. The molecule has 0 aliphatic rings. The van der Waals surface area contributed by atoms with E-state index in [1.165, 1.54) is 11.6 Å². The first-order chi connectivity index (χ1) is 14.5. The maximum Gasteiger partial charge on any atom is 0.251 e. The molecule has 1 heterocycles. The van der Waals surface area contributed by atoms with Gasteiger partial charge in [-0.1, -0.05) is 54.1 Å². The Labute approximate surface area is 177 Å². The predicted octanol–water partition coefficient (Wildman–Crippen LogP) is 5.99. The second kappa shape index (κ2) is 8.55. The third-order valence-electron chi connectivity index (χ3n) is 4.69. The van der Waals surface area contributed by atoms with Crippen molar-refractivity contribution in [3.05, 3.63) is 100 Å². The zero-order valence-corrected chi connectivity index (χ0v) is 17.0. The fourth-order valence-electron chi connectivity index (χ4n) is 2.95. The van der Waals surface area contributed by atoms with Crippen molar-refractivity contribution in [2.75, 3.05) is 0 Å². The molecular formula is C24H18F2N2OS. The molecule has 0 bridgehead atoms. The van der Waals surface area contributed by atoms with Crippen LogP contribution in [0.1, 0.15) is 21.5 Å². The summed E-state index contributed by atoms with van der Waals surface area (Å²) in [6.07, 6.45) is 0. The number of nitrogens with one attached hydrogen (secondary N) is 1. The number of carbonyl (C=O) groups excluding carboxylic acids is 1. The Hall–Kier alpha value is -3.38. The first-order valence-corrected chi connectivity index (χ1v) is 10.2. The largest absolute Gasteiger partial charge is 0.348 e. The maximum atomic E-state index is 13.3. The summed E-state index contributed by atoms with van der Waals surface area (Å²) in [4.78, 5) is 16.8. The number of carbonyl (C=O) groups is 1. The third-order valence-corrected chi connectivity index (χ3v) is 5.58. The number of amides is 1. The van der Waals surface area contributed by atoms with Crippen LogP contribution >= 0.6 is 11.3 Å². The number of thiazole rings is 1. The number of aromatic nitrogens is 1. The number of hydrogen-bond acceptors (Lipinski definition) is 3. The second-order valence-corrected chi connectivity index (χ2v) is 7.77. The summed E-state index contributed by atoms with van der Waals surface area (Å²) in [5, 5.41) is 5.67. The highest BCUT2D eigenvalue weighted by Crippen LogP contribution is 2.29. The molecule has 30 heavy (non-hydrogen) atoms. The van der Waals surface area contributed by atoms with Gasteiger partial charge in [0, 0.05) is 28.6 Å². The first kappa shape index (κ1) is 19.9. The summed E-state index contributed by atoms with van der Waals surface area (Å²) < 4.78 is 26.3. The van der Waals surface area contributed by atoms with E-state index in [1.54, 1.807) is 11.3 Å². The molecule has 0 spiro atoms. The molecule has 4 aromatic rings. The molecule has 0 radical (unpaired) electrons. The molecule has 0 unspecified atom stereocenters. The molecule has 0 aliphatic heterocycles. The zero-order valence-electron chi connectivity index (χ0n) is 16.2. The van der Waals surface area contributed by atoms with Crippen LogP contribution in [-0.2, 0) is 6.54 Å². The monoisotopic (exact) mass is 420 g/mol. The second-order valence-electron chi connectivity index (χ2n) is 6.91. The van der Waals surface area contributed by atoms with Gasteiger partial charge in [0.2, 0.25) is 0 Å². The normalized spacial score (nSPS) is 10.8. The van der Waals surface area contributed by atoms with Crippen molar-refractivity contribution in [1.82, 2.24) is 10.3 Å². The van der Waals surface area contributed by atoms with Crippen molar-refractivity contribution in [2.24, 2.45) is 0 Å². The molecule has 1 N–H and O–H groups in total. The number of halogens is 2. The Balaban J connectivity index is 1.41. The van der Waals surface area contributed by atoms with Gasteiger partial charge in [0.1, 0.15) is 5.01 Å². The van der Waals surface area contributed by atoms with Gasteiger partial charge in [-0.25, -0.2) is 13.8 Å². The third kappa shape index (κ3) is 4.44. The van der Waals surface area contributed by atoms with Crippen molar-refractivity contribution in [2.45, 2.75) is 13.5 Å². The number of nitrogens with zero attached hydrogens (tertiary/aromatic N) is 1. The lowest BCUT2D eigenvalue weighted by atomic mass is 10.1. The Morgan fingerprint density at radius 2 is 1.63 bits per heavy atom. The molecule has 3 nitrogen and oxygen atoms in total. The van der Waals surface area contributed by atoms with Gasteiger partial charge in [0.05, 0.1) is 5.69 Å². The van der Waals surface area contributed by atoms with Crippen LogP contribution in [0, 0.1) is 18.6 Å². The number of rotatable bonds is 5. The highest BCUT2D eigenvalue weighted by molar-refractivity contribution is 7.13. The molecule has 1 aromatic heterocycles. The summed E-state index contributed by atoms with van der Waals surface area (Å²) in [7, 11) is 0. The quantitative estimate of drug-likeness (QED) is 0.431. The van der Waals surface area contributed by atoms with Crippen LogP contribution in [0.3, 0.4) is 0 Å². The highest BCUT2D eigenvalue weighted by atomic mass is 32.1. The minimum Gasteiger partial charge on any atom is -0.348 e. The van der Waals surface area contributed by atoms with Crippen molar-refractivity contribution >= 4 is 17.2 Å². The average Bonchev–Trinajstić information content (AvgIpc) is 3.25. The van der Waals surface area contributed by atoms with Gasteiger partial charge < -0.3 is 5.32 Å². The Kier molecular flexibility index (Phi) is 5.68. The van der Waals surface area contributed by atoms with Gasteiger partial charge in [0.25, 0.3) is 5.91 Å². The Morgan fingerprint density at radius 1 is 0.933 bits per heavy atom. The van der Waals surface area contributed by atoms with Crippen molar-refractivity contribution < 1.29 is 13.6 Å². The van der Waals surface area contributed by atoms with Crippen LogP contribution < -0.4 is 5.32 Å². The first-order valence-electron chi connectivity index (χ1n) is 9.35. The standard InChI is InChI=1S/C24H18F2N2OS/c1-15-2-6-17(7-3-15)22-14-30-24(28-22)18-8-4-16(5-9-18)13-27-23(29)19-10-11-20(25)21(26)12-19/h2-12,14H,13H2,1H3,(H,27,29). The molecule has 0 aliphatic carbocycles. The van der Waals surface area contributed by atoms with Gasteiger partial charge >= 0.3 is 0 Å². The molecule has 0 saturated carbocycles. The molecule has 0 fully saturated rings. The molecule has 1 amide bonds. The van der Waals surface area contributed by atoms with Crippen LogP contribution in [0.2, 0.25) is 0 Å². The fourth-order valence-corrected chi connectivity index (χ4v) is 3.79. The van der Waals surface area contributed by atoms with Crippen LogP contribution in [-0.4, -0.2) is 10.9 Å². The maximum absolute atomic E-state index is 13.3. The minimum absolute atomic E-state index is 0.0805. The number of hydrogen-bond donors (Lipinski definition) is 1. The molecule has 3 aromatic carbocycles. The van der Waals surface area contributed by atoms with E-state index in [0.717, 1.165) is 39.5 Å². The SMILES string of the molecule is Cc1ccc(-c2csc(-c3ccc(CNC(=O)c4ccc(F)c(F)c4)cc3)n2)cc1. The molecule has 6 heteroatoms. The molecule has 150 valence electrons. The van der Waals surface area contributed by atoms with Crippen molar-refractivity contribution in [1.29, 1.82) is 0 Å². The summed E-state index contributed by atoms with van der Waals surface area (Å²) in [6, 6.07) is 19.1. The average molecular weight is 420 g/mol. The highest BCUT2D eigenvalue weighted by Gasteiger charge is 2.10. The molecule has 4 rings (SSSR count). The summed E-state index contributed by atoms with van der Waals surface area (Å²) in [5.41, 5.74) is 5.20. The van der Waals surface area contributed by atoms with Crippen LogP contribution in [0.4, 0.5) is 8.78 Å². The van der Waals surface area contributed by atoms with E-state index in [4.69, 9.17) is 4.98 Å². The molecule has 0 saturated heterocycles. The predicted molar refractivity (Wildman–Crippen MR) is 115 cm³/mol. The van der Waals surface area contributed by atoms with Gasteiger partial charge in [-0.2, -0.15) is 0 Å². The number of aryl methyl sites for hydroxylation is 1. The lowest BCUT2D eigenvalue weighted by molar-refractivity contribution is 0.0950. The topological polar surface area (TPSA) is 42.0 Å². The summed E-state index contributed by atoms with van der Waals surface area (Å²) in [5.74, 6) is -2.48. The lowest BCUT2D eigenvalue weighted by Gasteiger charge is -2.06. The van der Waals surface area contributed by atoms with Gasteiger partial charge in [-0.3, -0.25) is 4.79 Å². The van der Waals surface area contributed by atoms with E-state index in [0.29, 0.717) is 0 Å². The van der Waals surface area contributed by atoms with Crippen LogP contribution in [0.15, 0.2) is 72.1 Å². The van der Waals surface area contributed by atoms with E-state index in [-0.39, 0.29) is 12.1 Å². The number of benzene rings is 3. The summed E-state index contributed by atoms with van der Waals surface area (Å²) >= 11 is 1.58. The fraction of sp³-hybridized carbons (Fsp3) is 0.0833. The van der Waals surface area contributed by atoms with Gasteiger partial charge in [-0.05, 0) is 30.7 Å². The van der Waals surface area contributed by atoms with E-state index in [1.807, 2.05) is 29.6 Å². The minimum atomic E-state index is -1.04. The smallest absolute Gasteiger partial charge is 0.251 e. The van der Waals surface area contributed by atoms with E-state index in [9.17, 15) is 13.6 Å². The van der Waals surface area contributed by atoms with Crippen molar-refractivity contribution in [3.8, 4) is 21.8 Å². The van der Waals surface area contributed by atoms with Gasteiger partial charge in [-0.15, -0.1) is 11.3 Å². The van der Waals surface area contributed by atoms with Crippen molar-refractivity contribution in [3.63, 3.8) is 0 Å².